The number of aryl methyl sites for hydroxylation is 2. The Morgan fingerprint density at radius 3 is 0.938 bits per heavy atom. The number of hydrazine groups is 1. The monoisotopic (exact) mass is 640 g/mol. The minimum atomic E-state index is 0.861. The second-order valence-electron chi connectivity index (χ2n) is 13.3. The summed E-state index contributed by atoms with van der Waals surface area (Å²) >= 11 is 0. The average molecular weight is 641 g/mol. The normalized spacial score (nSPS) is 11.0. The molecule has 0 spiro atoms. The van der Waals surface area contributed by atoms with Crippen LogP contribution in [0.1, 0.15) is 113 Å². The molecule has 0 atom stereocenters. The Labute approximate surface area is 293 Å². The highest BCUT2D eigenvalue weighted by Gasteiger charge is 2.22. The van der Waals surface area contributed by atoms with Gasteiger partial charge >= 0.3 is 0 Å². The first-order chi connectivity index (χ1) is 23.7. The number of hydrogen-bond acceptors (Lipinski definition) is 2. The van der Waals surface area contributed by atoms with Crippen LogP contribution < -0.4 is 10.0 Å². The third-order valence-electron chi connectivity index (χ3n) is 9.32. The molecule has 2 heteroatoms. The van der Waals surface area contributed by atoms with Crippen LogP contribution in [0.25, 0.3) is 0 Å². The quantitative estimate of drug-likeness (QED) is 0.0452. The lowest BCUT2D eigenvalue weighted by Crippen LogP contribution is -2.35. The Balaban J connectivity index is 1.66. The van der Waals surface area contributed by atoms with E-state index in [0.717, 1.165) is 48.4 Å². The van der Waals surface area contributed by atoms with E-state index >= 15 is 0 Å². The molecule has 0 saturated carbocycles. The summed E-state index contributed by atoms with van der Waals surface area (Å²) in [6.07, 6.45) is 23.8. The SMILES string of the molecule is C=CCc1ccc(N(c2ccc(CC=C)cc2)N(c2ccc(CCCCCCCC)cc2)c2ccc(CCCCCCCC)cc2)cc1. The number of allylic oxidation sites excluding steroid dienone is 2. The van der Waals surface area contributed by atoms with Crippen LogP contribution in [0.2, 0.25) is 0 Å². The van der Waals surface area contributed by atoms with E-state index in [2.05, 4.69) is 134 Å². The van der Waals surface area contributed by atoms with Gasteiger partial charge in [0.15, 0.2) is 0 Å². The third-order valence-corrected chi connectivity index (χ3v) is 9.32. The van der Waals surface area contributed by atoms with Crippen LogP contribution in [0.5, 0.6) is 0 Å². The van der Waals surface area contributed by atoms with Crippen molar-refractivity contribution in [3.8, 4) is 0 Å². The van der Waals surface area contributed by atoms with Gasteiger partial charge in [0.25, 0.3) is 0 Å². The van der Waals surface area contributed by atoms with Crippen molar-refractivity contribution in [1.29, 1.82) is 0 Å². The van der Waals surface area contributed by atoms with Crippen molar-refractivity contribution in [1.82, 2.24) is 0 Å². The van der Waals surface area contributed by atoms with E-state index in [4.69, 9.17) is 0 Å². The summed E-state index contributed by atoms with van der Waals surface area (Å²) in [7, 11) is 0. The van der Waals surface area contributed by atoms with Gasteiger partial charge in [-0.15, -0.1) is 13.2 Å². The fourth-order valence-corrected chi connectivity index (χ4v) is 6.47. The first-order valence-corrected chi connectivity index (χ1v) is 18.8. The lowest BCUT2D eigenvalue weighted by atomic mass is 10.0. The zero-order valence-electron chi connectivity index (χ0n) is 30.0. The van der Waals surface area contributed by atoms with Gasteiger partial charge in [-0.2, -0.15) is 0 Å². The lowest BCUT2D eigenvalue weighted by Gasteiger charge is -2.38. The zero-order chi connectivity index (χ0) is 33.8. The summed E-state index contributed by atoms with van der Waals surface area (Å²) in [5, 5.41) is 4.74. The number of unbranched alkanes of at least 4 members (excludes halogenated alkanes) is 10. The van der Waals surface area contributed by atoms with E-state index in [-0.39, 0.29) is 0 Å². The first-order valence-electron chi connectivity index (χ1n) is 18.8. The van der Waals surface area contributed by atoms with Gasteiger partial charge in [0.2, 0.25) is 0 Å². The molecule has 0 saturated heterocycles. The van der Waals surface area contributed by atoms with Crippen molar-refractivity contribution in [3.63, 3.8) is 0 Å². The Morgan fingerprint density at radius 2 is 0.646 bits per heavy atom. The maximum absolute atomic E-state index is 3.95. The molecule has 0 unspecified atom stereocenters. The highest BCUT2D eigenvalue weighted by atomic mass is 15.6. The van der Waals surface area contributed by atoms with E-state index in [9.17, 15) is 0 Å². The van der Waals surface area contributed by atoms with Gasteiger partial charge in [-0.05, 0) is 109 Å². The Bertz CT molecular complexity index is 1340. The molecule has 0 amide bonds. The highest BCUT2D eigenvalue weighted by Crippen LogP contribution is 2.37. The van der Waals surface area contributed by atoms with E-state index in [1.54, 1.807) is 0 Å². The van der Waals surface area contributed by atoms with Crippen molar-refractivity contribution in [2.45, 2.75) is 117 Å². The molecule has 0 aliphatic rings. The van der Waals surface area contributed by atoms with Crippen LogP contribution in [0, 0.1) is 0 Å². The van der Waals surface area contributed by atoms with E-state index in [1.807, 2.05) is 12.2 Å². The fourth-order valence-electron chi connectivity index (χ4n) is 6.47. The fraction of sp³-hybridized carbons (Fsp3) is 0.391. The van der Waals surface area contributed by atoms with Crippen molar-refractivity contribution in [3.05, 3.63) is 145 Å². The Morgan fingerprint density at radius 1 is 0.375 bits per heavy atom. The number of rotatable bonds is 23. The Hall–Kier alpha value is -4.04. The molecule has 2 nitrogen and oxygen atoms in total. The van der Waals surface area contributed by atoms with Gasteiger partial charge in [0, 0.05) is 0 Å². The van der Waals surface area contributed by atoms with Gasteiger partial charge in [-0.3, -0.25) is 0 Å². The van der Waals surface area contributed by atoms with Crippen molar-refractivity contribution >= 4 is 22.7 Å². The standard InChI is InChI=1S/C46H60N2/c1-5-9-11-13-15-17-21-41-27-35-45(36-28-41)48(46-37-29-42(30-38-46)22-18-16-14-12-10-6-2)47(43-31-23-39(19-7-3)24-32-43)44-33-25-40(20-8-4)26-34-44/h7-8,23-38H,3-6,9-22H2,1-2H3. The molecule has 48 heavy (non-hydrogen) atoms. The minimum absolute atomic E-state index is 0.861. The summed E-state index contributed by atoms with van der Waals surface area (Å²) in [5.41, 5.74) is 9.89. The van der Waals surface area contributed by atoms with Gasteiger partial charge in [0.05, 0.1) is 22.7 Å². The van der Waals surface area contributed by atoms with Gasteiger partial charge in [-0.1, -0.05) is 139 Å². The molecule has 0 heterocycles. The number of anilines is 4. The van der Waals surface area contributed by atoms with Crippen molar-refractivity contribution in [2.24, 2.45) is 0 Å². The predicted octanol–water partition coefficient (Wildman–Crippen LogP) is 13.8. The third kappa shape index (κ3) is 11.6. The van der Waals surface area contributed by atoms with E-state index < -0.39 is 0 Å². The Kier molecular flexibility index (Phi) is 16.1. The predicted molar refractivity (Wildman–Crippen MR) is 212 cm³/mol. The maximum Gasteiger partial charge on any atom is 0.0637 e. The van der Waals surface area contributed by atoms with Crippen LogP contribution in [0.3, 0.4) is 0 Å². The van der Waals surface area contributed by atoms with Crippen LogP contribution in [0.15, 0.2) is 122 Å². The number of benzene rings is 4. The average Bonchev–Trinajstić information content (AvgIpc) is 3.12. The van der Waals surface area contributed by atoms with Crippen LogP contribution in [-0.4, -0.2) is 0 Å². The second-order valence-corrected chi connectivity index (χ2v) is 13.3. The van der Waals surface area contributed by atoms with Crippen LogP contribution in [0.4, 0.5) is 22.7 Å². The molecule has 0 aliphatic carbocycles. The maximum atomic E-state index is 3.95. The molecular weight excluding hydrogens is 581 g/mol. The van der Waals surface area contributed by atoms with Crippen LogP contribution >= 0.6 is 0 Å². The minimum Gasteiger partial charge on any atom is -0.249 e. The summed E-state index contributed by atoms with van der Waals surface area (Å²) in [6.45, 7) is 12.5. The summed E-state index contributed by atoms with van der Waals surface area (Å²) in [5.74, 6) is 0. The zero-order valence-corrected chi connectivity index (χ0v) is 30.0. The van der Waals surface area contributed by atoms with Gasteiger partial charge in [-0.25, -0.2) is 10.0 Å². The van der Waals surface area contributed by atoms with E-state index in [1.165, 1.54) is 99.3 Å². The summed E-state index contributed by atoms with van der Waals surface area (Å²) < 4.78 is 0. The van der Waals surface area contributed by atoms with Gasteiger partial charge < -0.3 is 0 Å². The topological polar surface area (TPSA) is 6.48 Å². The molecule has 0 fully saturated rings. The second kappa shape index (κ2) is 21.0. The molecule has 4 aromatic carbocycles. The molecule has 0 aromatic heterocycles. The molecule has 0 N–H and O–H groups in total. The first kappa shape index (κ1) is 36.8. The van der Waals surface area contributed by atoms with Crippen molar-refractivity contribution < 1.29 is 0 Å². The largest absolute Gasteiger partial charge is 0.249 e. The highest BCUT2D eigenvalue weighted by molar-refractivity contribution is 5.77. The summed E-state index contributed by atoms with van der Waals surface area (Å²) in [6, 6.07) is 36.4. The smallest absolute Gasteiger partial charge is 0.0637 e. The van der Waals surface area contributed by atoms with E-state index in [0.29, 0.717) is 0 Å². The summed E-state index contributed by atoms with van der Waals surface area (Å²) in [4.78, 5) is 0. The van der Waals surface area contributed by atoms with Gasteiger partial charge in [0.1, 0.15) is 0 Å². The molecule has 254 valence electrons. The number of nitrogens with zero attached hydrogens (tertiary/aromatic N) is 2. The molecule has 0 radical (unpaired) electrons. The van der Waals surface area contributed by atoms with Crippen LogP contribution in [-0.2, 0) is 25.7 Å². The van der Waals surface area contributed by atoms with Crippen molar-refractivity contribution in [2.75, 3.05) is 10.0 Å². The molecule has 4 aromatic rings. The lowest BCUT2D eigenvalue weighted by molar-refractivity contribution is 0.607. The molecule has 0 aliphatic heterocycles. The molecule has 0 bridgehead atoms. The number of hydrogen-bond donors (Lipinski definition) is 0. The molecular formula is C46H60N2. The molecule has 4 rings (SSSR count).